The molecule has 0 fully saturated rings. The van der Waals surface area contributed by atoms with Crippen LogP contribution in [0.3, 0.4) is 0 Å². The normalized spacial score (nSPS) is 11.4. The maximum atomic E-state index is 2.38. The van der Waals surface area contributed by atoms with Crippen LogP contribution in [0.1, 0.15) is 0 Å². The summed E-state index contributed by atoms with van der Waals surface area (Å²) in [5.74, 6) is 0. The lowest BCUT2D eigenvalue weighted by atomic mass is 9.93. The molecule has 0 atom stereocenters. The summed E-state index contributed by atoms with van der Waals surface area (Å²) in [6.45, 7) is 0. The minimum atomic E-state index is 1.10. The predicted octanol–water partition coefficient (Wildman–Crippen LogP) is 18.8. The van der Waals surface area contributed by atoms with Gasteiger partial charge in [-0.1, -0.05) is 164 Å². The summed E-state index contributed by atoms with van der Waals surface area (Å²) in [5.41, 5.74) is 14.4. The molecule has 3 aromatic heterocycles. The molecule has 0 saturated heterocycles. The Morgan fingerprint density at radius 3 is 0.719 bits per heavy atom. The van der Waals surface area contributed by atoms with Gasteiger partial charge >= 0.3 is 0 Å². The summed E-state index contributed by atoms with van der Waals surface area (Å²) in [5, 5.41) is 14.1. The second-order valence-electron chi connectivity index (χ2n) is 16.0. The van der Waals surface area contributed by atoms with Crippen LogP contribution < -0.4 is 4.90 Å². The van der Waals surface area contributed by atoms with E-state index in [1.54, 1.807) is 34.0 Å². The molecule has 0 aliphatic heterocycles. The van der Waals surface area contributed by atoms with Gasteiger partial charge in [0.05, 0.1) is 0 Å². The van der Waals surface area contributed by atoms with Crippen molar-refractivity contribution >= 4 is 83.4 Å². The van der Waals surface area contributed by atoms with Gasteiger partial charge in [-0.05, 0) is 153 Å². The van der Waals surface area contributed by atoms with Gasteiger partial charge < -0.3 is 4.90 Å². The van der Waals surface area contributed by atoms with Crippen LogP contribution in [0, 0.1) is 0 Å². The molecule has 12 rings (SSSR count). The smallest absolute Gasteiger partial charge is 0.0462 e. The zero-order chi connectivity index (χ0) is 42.4. The monoisotopic (exact) mass is 869 g/mol. The molecule has 1 nitrogen and oxygen atoms in total. The molecule has 64 heavy (non-hydrogen) atoms. The van der Waals surface area contributed by atoms with Crippen LogP contribution in [0.4, 0.5) is 17.1 Å². The maximum absolute atomic E-state index is 2.38. The zero-order valence-electron chi connectivity index (χ0n) is 34.7. The standard InChI is InChI=1S/C60H39NS3/c1-4-13-52-49(10-1)46(31-34-55(52)58-16-7-37-62-58)40-19-25-43(26-20-40)61(44-27-21-41(22-28-44)47-32-35-56(59-17-8-38-63-59)53-14-5-2-11-50(47)53)45-29-23-42(24-30-45)48-33-36-57(60-18-9-39-64-60)54-15-6-3-12-51(48)54/h1-39H. The lowest BCUT2D eigenvalue weighted by Crippen LogP contribution is -2.09. The second kappa shape index (κ2) is 16.4. The Bertz CT molecular complexity index is 3180. The molecule has 302 valence electrons. The molecule has 9 aromatic carbocycles. The summed E-state index contributed by atoms with van der Waals surface area (Å²) in [7, 11) is 0. The average molecular weight is 870 g/mol. The van der Waals surface area contributed by atoms with Crippen LogP contribution in [0.5, 0.6) is 0 Å². The molecule has 0 spiro atoms. The van der Waals surface area contributed by atoms with Crippen molar-refractivity contribution in [2.45, 2.75) is 0 Å². The Morgan fingerprint density at radius 1 is 0.219 bits per heavy atom. The average Bonchev–Trinajstić information content (AvgIpc) is 4.21. The molecular weight excluding hydrogens is 831 g/mol. The van der Waals surface area contributed by atoms with Gasteiger partial charge in [-0.3, -0.25) is 0 Å². The van der Waals surface area contributed by atoms with Crippen LogP contribution in [0.15, 0.2) is 235 Å². The highest BCUT2D eigenvalue weighted by Crippen LogP contribution is 2.43. The number of rotatable bonds is 9. The SMILES string of the molecule is c1csc(-c2ccc(-c3ccc(N(c4ccc(-c5ccc(-c6cccs6)c6ccccc56)cc4)c4ccc(-c5ccc(-c6cccs6)c6ccccc56)cc4)cc3)c3ccccc23)c1. The Labute approximate surface area is 385 Å². The maximum Gasteiger partial charge on any atom is 0.0462 e. The van der Waals surface area contributed by atoms with Crippen LogP contribution >= 0.6 is 34.0 Å². The molecule has 0 aliphatic carbocycles. The van der Waals surface area contributed by atoms with Crippen LogP contribution in [0.2, 0.25) is 0 Å². The molecule has 3 heterocycles. The second-order valence-corrected chi connectivity index (χ2v) is 18.9. The van der Waals surface area contributed by atoms with Crippen molar-refractivity contribution in [3.63, 3.8) is 0 Å². The molecule has 4 heteroatoms. The number of hydrogen-bond acceptors (Lipinski definition) is 4. The number of fused-ring (bicyclic) bond motifs is 3. The number of benzene rings is 9. The number of anilines is 3. The third-order valence-corrected chi connectivity index (χ3v) is 15.2. The van der Waals surface area contributed by atoms with Crippen molar-refractivity contribution in [2.24, 2.45) is 0 Å². The third kappa shape index (κ3) is 6.84. The minimum absolute atomic E-state index is 1.10. The van der Waals surface area contributed by atoms with Crippen molar-refractivity contribution in [1.82, 2.24) is 0 Å². The van der Waals surface area contributed by atoms with Gasteiger partial charge in [-0.25, -0.2) is 0 Å². The fourth-order valence-electron chi connectivity index (χ4n) is 9.41. The van der Waals surface area contributed by atoms with Gasteiger partial charge in [-0.2, -0.15) is 0 Å². The summed E-state index contributed by atoms with van der Waals surface area (Å²) in [4.78, 5) is 6.25. The fraction of sp³-hybridized carbons (Fsp3) is 0. The molecule has 0 N–H and O–H groups in total. The van der Waals surface area contributed by atoms with Gasteiger partial charge in [0.2, 0.25) is 0 Å². The lowest BCUT2D eigenvalue weighted by molar-refractivity contribution is 1.28. The van der Waals surface area contributed by atoms with Gasteiger partial charge in [0.25, 0.3) is 0 Å². The van der Waals surface area contributed by atoms with Crippen molar-refractivity contribution in [3.05, 3.63) is 235 Å². The highest BCUT2D eigenvalue weighted by atomic mass is 32.1. The summed E-state index contributed by atoms with van der Waals surface area (Å²) >= 11 is 5.36. The summed E-state index contributed by atoms with van der Waals surface area (Å²) in [6, 6.07) is 80.4. The van der Waals surface area contributed by atoms with E-state index >= 15 is 0 Å². The van der Waals surface area contributed by atoms with E-state index in [0.717, 1.165) is 17.1 Å². The molecule has 0 unspecified atom stereocenters. The fourth-order valence-corrected chi connectivity index (χ4v) is 11.7. The van der Waals surface area contributed by atoms with E-state index < -0.39 is 0 Å². The van der Waals surface area contributed by atoms with E-state index in [1.807, 2.05) is 0 Å². The molecule has 0 saturated carbocycles. The topological polar surface area (TPSA) is 3.24 Å². The highest BCUT2D eigenvalue weighted by Gasteiger charge is 2.18. The lowest BCUT2D eigenvalue weighted by Gasteiger charge is -2.26. The van der Waals surface area contributed by atoms with E-state index in [1.165, 1.54) is 97.0 Å². The van der Waals surface area contributed by atoms with Gasteiger partial charge in [0.1, 0.15) is 0 Å². The van der Waals surface area contributed by atoms with E-state index in [-0.39, 0.29) is 0 Å². The quantitative estimate of drug-likeness (QED) is 0.140. The molecule has 12 aromatic rings. The minimum Gasteiger partial charge on any atom is -0.311 e. The van der Waals surface area contributed by atoms with Gasteiger partial charge in [-0.15, -0.1) is 34.0 Å². The summed E-state index contributed by atoms with van der Waals surface area (Å²) in [6.07, 6.45) is 0. The predicted molar refractivity (Wildman–Crippen MR) is 280 cm³/mol. The Balaban J connectivity index is 0.943. The van der Waals surface area contributed by atoms with Crippen LogP contribution in [-0.4, -0.2) is 0 Å². The first-order valence-electron chi connectivity index (χ1n) is 21.5. The molecular formula is C60H39NS3. The number of thiophene rings is 3. The molecule has 0 aliphatic rings. The van der Waals surface area contributed by atoms with E-state index in [2.05, 4.69) is 239 Å². The van der Waals surface area contributed by atoms with Crippen molar-refractivity contribution in [2.75, 3.05) is 4.90 Å². The first-order chi connectivity index (χ1) is 31.7. The Hall–Kier alpha value is -7.34. The van der Waals surface area contributed by atoms with Gasteiger partial charge in [0, 0.05) is 31.7 Å². The van der Waals surface area contributed by atoms with E-state index in [0.29, 0.717) is 0 Å². The zero-order valence-corrected chi connectivity index (χ0v) is 37.1. The summed E-state index contributed by atoms with van der Waals surface area (Å²) < 4.78 is 0. The van der Waals surface area contributed by atoms with Crippen molar-refractivity contribution in [1.29, 1.82) is 0 Å². The van der Waals surface area contributed by atoms with E-state index in [9.17, 15) is 0 Å². The first kappa shape index (κ1) is 38.3. The van der Waals surface area contributed by atoms with Crippen LogP contribution in [0.25, 0.3) is 97.0 Å². The highest BCUT2D eigenvalue weighted by molar-refractivity contribution is 7.14. The largest absolute Gasteiger partial charge is 0.311 e. The van der Waals surface area contributed by atoms with Crippen LogP contribution in [-0.2, 0) is 0 Å². The van der Waals surface area contributed by atoms with E-state index in [4.69, 9.17) is 0 Å². The van der Waals surface area contributed by atoms with Crippen molar-refractivity contribution < 1.29 is 0 Å². The Kier molecular flexibility index (Phi) is 9.83. The molecule has 0 amide bonds. The van der Waals surface area contributed by atoms with Crippen molar-refractivity contribution in [3.8, 4) is 64.7 Å². The number of nitrogens with zero attached hydrogens (tertiary/aromatic N) is 1. The number of hydrogen-bond donors (Lipinski definition) is 0. The first-order valence-corrected chi connectivity index (χ1v) is 24.2. The molecule has 0 radical (unpaired) electrons. The van der Waals surface area contributed by atoms with Gasteiger partial charge in [0.15, 0.2) is 0 Å². The Morgan fingerprint density at radius 2 is 0.469 bits per heavy atom. The molecule has 0 bridgehead atoms. The third-order valence-electron chi connectivity index (χ3n) is 12.4.